The molecule has 0 aliphatic heterocycles. The number of nitrogens with zero attached hydrogens (tertiary/aromatic N) is 3. The fourth-order valence-electron chi connectivity index (χ4n) is 2.86. The first-order valence-electron chi connectivity index (χ1n) is 7.47. The molecule has 1 aromatic carbocycles. The van der Waals surface area contributed by atoms with Gasteiger partial charge in [-0.2, -0.15) is 28.6 Å². The molecule has 0 aliphatic rings. The van der Waals surface area contributed by atoms with Gasteiger partial charge in [0.2, 0.25) is 0 Å². The van der Waals surface area contributed by atoms with Crippen molar-refractivity contribution in [2.45, 2.75) is 26.6 Å². The molecular weight excluding hydrogens is 331 g/mol. The average Bonchev–Trinajstić information content (AvgIpc) is 3.17. The van der Waals surface area contributed by atoms with Crippen LogP contribution in [0.1, 0.15) is 28.2 Å². The van der Waals surface area contributed by atoms with E-state index in [0.717, 1.165) is 23.1 Å². The Morgan fingerprint density at radius 2 is 2.00 bits per heavy atom. The number of hydrogen-bond donors (Lipinski definition) is 2. The number of aromatic nitrogens is 4. The molecule has 2 aromatic heterocycles. The molecule has 0 aliphatic carbocycles. The lowest BCUT2D eigenvalue weighted by molar-refractivity contribution is -0.138. The van der Waals surface area contributed by atoms with Gasteiger partial charge in [-0.3, -0.25) is 0 Å². The standard InChI is InChI=1S/C17H14F3N5/c1-10-5-15(11(2)25(10)9-14-8-22-24-23-14)12-3-4-13(7-21)16(6-12)17(18,19)20/h3-6,8H,9H2,1-2H3,(H,22,23,24)/p+1. The van der Waals surface area contributed by atoms with Crippen LogP contribution in [0.15, 0.2) is 30.5 Å². The molecule has 0 radical (unpaired) electrons. The summed E-state index contributed by atoms with van der Waals surface area (Å²) in [7, 11) is 0. The van der Waals surface area contributed by atoms with E-state index < -0.39 is 11.7 Å². The highest BCUT2D eigenvalue weighted by Crippen LogP contribution is 2.36. The quantitative estimate of drug-likeness (QED) is 0.762. The zero-order valence-electron chi connectivity index (χ0n) is 13.6. The molecular formula is C17H15F3N5+. The van der Waals surface area contributed by atoms with E-state index in [0.29, 0.717) is 17.7 Å². The van der Waals surface area contributed by atoms with Crippen molar-refractivity contribution in [3.05, 3.63) is 58.7 Å². The van der Waals surface area contributed by atoms with Gasteiger partial charge in [-0.25, -0.2) is 0 Å². The Morgan fingerprint density at radius 1 is 1.24 bits per heavy atom. The number of hydrogen-bond acceptors (Lipinski definition) is 2. The van der Waals surface area contributed by atoms with Crippen LogP contribution in [-0.4, -0.2) is 20.0 Å². The number of rotatable bonds is 3. The van der Waals surface area contributed by atoms with E-state index in [9.17, 15) is 13.2 Å². The molecule has 3 rings (SSSR count). The van der Waals surface area contributed by atoms with Crippen molar-refractivity contribution in [3.63, 3.8) is 0 Å². The molecule has 0 fully saturated rings. The average molecular weight is 346 g/mol. The topological polar surface area (TPSA) is 70.3 Å². The highest BCUT2D eigenvalue weighted by Gasteiger charge is 2.35. The second-order valence-electron chi connectivity index (χ2n) is 5.72. The molecule has 0 amide bonds. The summed E-state index contributed by atoms with van der Waals surface area (Å²) in [5.41, 5.74) is 2.51. The molecule has 5 nitrogen and oxygen atoms in total. The lowest BCUT2D eigenvalue weighted by atomic mass is 9.99. The van der Waals surface area contributed by atoms with Crippen LogP contribution in [0.25, 0.3) is 11.1 Å². The molecule has 0 bridgehead atoms. The van der Waals surface area contributed by atoms with Crippen LogP contribution in [0.3, 0.4) is 0 Å². The van der Waals surface area contributed by atoms with Gasteiger partial charge in [0.1, 0.15) is 11.3 Å². The minimum absolute atomic E-state index is 0.271. The van der Waals surface area contributed by atoms with Gasteiger partial charge in [0.25, 0.3) is 0 Å². The minimum Gasteiger partial charge on any atom is -0.342 e. The van der Waals surface area contributed by atoms with E-state index in [2.05, 4.69) is 15.4 Å². The van der Waals surface area contributed by atoms with E-state index >= 15 is 0 Å². The number of nitrogens with one attached hydrogen (secondary N) is 2. The van der Waals surface area contributed by atoms with Crippen LogP contribution in [0.2, 0.25) is 0 Å². The molecule has 25 heavy (non-hydrogen) atoms. The van der Waals surface area contributed by atoms with Gasteiger partial charge in [-0.15, -0.1) is 0 Å². The van der Waals surface area contributed by atoms with Crippen LogP contribution in [0, 0.1) is 19.9 Å². The maximum absolute atomic E-state index is 13.2. The van der Waals surface area contributed by atoms with E-state index in [1.54, 1.807) is 12.3 Å². The highest BCUT2D eigenvalue weighted by atomic mass is 19.4. The van der Waals surface area contributed by atoms with E-state index in [-0.39, 0.29) is 5.56 Å². The molecule has 0 spiro atoms. The van der Waals surface area contributed by atoms with Crippen LogP contribution in [0.5, 0.6) is 0 Å². The van der Waals surface area contributed by atoms with E-state index in [1.807, 2.05) is 30.6 Å². The highest BCUT2D eigenvalue weighted by molar-refractivity contribution is 5.69. The molecule has 128 valence electrons. The Labute approximate surface area is 141 Å². The summed E-state index contributed by atoms with van der Waals surface area (Å²) in [5.74, 6) is 0. The fourth-order valence-corrected chi connectivity index (χ4v) is 2.86. The zero-order chi connectivity index (χ0) is 18.2. The van der Waals surface area contributed by atoms with Crippen molar-refractivity contribution >= 4 is 0 Å². The lowest BCUT2D eigenvalue weighted by Crippen LogP contribution is -2.19. The maximum atomic E-state index is 13.2. The SMILES string of the molecule is Cc1cc(-c2ccc(C#[NH+])c(C(F)(F)F)c2)c(C)n1Cc1cn[nH]n1. The van der Waals surface area contributed by atoms with Crippen molar-refractivity contribution in [2.75, 3.05) is 0 Å². The third-order valence-corrected chi connectivity index (χ3v) is 4.13. The van der Waals surface area contributed by atoms with E-state index in [1.165, 1.54) is 6.07 Å². The molecule has 0 saturated heterocycles. The summed E-state index contributed by atoms with van der Waals surface area (Å²) in [6.07, 6.45) is -2.93. The van der Waals surface area contributed by atoms with Gasteiger partial charge in [-0.05, 0) is 37.6 Å². The predicted octanol–water partition coefficient (Wildman–Crippen LogP) is 2.08. The molecule has 8 heteroatoms. The molecule has 3 aromatic rings. The third-order valence-electron chi connectivity index (χ3n) is 4.13. The number of halogens is 3. The zero-order valence-corrected chi connectivity index (χ0v) is 13.6. The lowest BCUT2D eigenvalue weighted by Gasteiger charge is -2.11. The molecule has 0 saturated carbocycles. The van der Waals surface area contributed by atoms with Crippen LogP contribution in [-0.2, 0) is 12.7 Å². The van der Waals surface area contributed by atoms with Gasteiger partial charge in [0.15, 0.2) is 0 Å². The van der Waals surface area contributed by atoms with Gasteiger partial charge < -0.3 is 4.57 Å². The normalized spacial score (nSPS) is 11.5. The smallest absolute Gasteiger partial charge is 0.342 e. The van der Waals surface area contributed by atoms with Crippen molar-refractivity contribution in [1.82, 2.24) is 20.0 Å². The predicted molar refractivity (Wildman–Crippen MR) is 83.8 cm³/mol. The Bertz CT molecular complexity index is 946. The summed E-state index contributed by atoms with van der Waals surface area (Å²) in [5, 5.41) is 17.4. The number of benzene rings is 1. The van der Waals surface area contributed by atoms with Crippen molar-refractivity contribution in [2.24, 2.45) is 0 Å². The van der Waals surface area contributed by atoms with E-state index in [4.69, 9.17) is 5.26 Å². The van der Waals surface area contributed by atoms with Crippen LogP contribution < -0.4 is 5.26 Å². The van der Waals surface area contributed by atoms with Gasteiger partial charge in [0, 0.05) is 17.0 Å². The van der Waals surface area contributed by atoms with Gasteiger partial charge in [0.05, 0.1) is 18.3 Å². The first-order chi connectivity index (χ1) is 11.8. The summed E-state index contributed by atoms with van der Waals surface area (Å²) in [4.78, 5) is 0. The van der Waals surface area contributed by atoms with Crippen molar-refractivity contribution in [1.29, 1.82) is 0 Å². The molecule has 2 N–H and O–H groups in total. The first-order valence-corrected chi connectivity index (χ1v) is 7.47. The minimum atomic E-state index is -4.54. The summed E-state index contributed by atoms with van der Waals surface area (Å²) < 4.78 is 41.6. The Hall–Kier alpha value is -3.08. The fraction of sp³-hybridized carbons (Fsp3) is 0.235. The first kappa shape index (κ1) is 16.8. The molecule has 0 atom stereocenters. The number of alkyl halides is 3. The summed E-state index contributed by atoms with van der Waals surface area (Å²) in [6.45, 7) is 4.22. The van der Waals surface area contributed by atoms with Crippen molar-refractivity contribution < 1.29 is 18.4 Å². The monoisotopic (exact) mass is 346 g/mol. The second-order valence-corrected chi connectivity index (χ2v) is 5.72. The number of H-pyrrole nitrogens is 1. The number of aromatic amines is 1. The molecule has 2 heterocycles. The van der Waals surface area contributed by atoms with Crippen LogP contribution in [0.4, 0.5) is 13.2 Å². The number of aryl methyl sites for hydroxylation is 1. The Morgan fingerprint density at radius 3 is 2.60 bits per heavy atom. The van der Waals surface area contributed by atoms with Gasteiger partial charge >= 0.3 is 12.2 Å². The van der Waals surface area contributed by atoms with Crippen molar-refractivity contribution in [3.8, 4) is 17.2 Å². The van der Waals surface area contributed by atoms with Gasteiger partial charge in [-0.1, -0.05) is 11.3 Å². The summed E-state index contributed by atoms with van der Waals surface area (Å²) >= 11 is 0. The second kappa shape index (κ2) is 6.09. The maximum Gasteiger partial charge on any atom is 0.417 e. The largest absolute Gasteiger partial charge is 0.417 e. The molecule has 0 unspecified atom stereocenters. The Kier molecular flexibility index (Phi) is 4.08. The summed E-state index contributed by atoms with van der Waals surface area (Å²) in [6, 6.07) is 7.61. The third kappa shape index (κ3) is 3.13. The Balaban J connectivity index is 2.07. The van der Waals surface area contributed by atoms with Crippen LogP contribution >= 0.6 is 0 Å².